The van der Waals surface area contributed by atoms with Gasteiger partial charge in [-0.2, -0.15) is 0 Å². The number of hydrogen-bond donors (Lipinski definition) is 1. The number of amides is 1. The summed E-state index contributed by atoms with van der Waals surface area (Å²) >= 11 is 1.22. The first-order valence-corrected chi connectivity index (χ1v) is 15.7. The minimum Gasteiger partial charge on any atom is -0.470 e. The number of aldehydes is 1. The van der Waals surface area contributed by atoms with Crippen molar-refractivity contribution in [2.24, 2.45) is 0 Å². The van der Waals surface area contributed by atoms with Gasteiger partial charge in [-0.25, -0.2) is 0 Å². The van der Waals surface area contributed by atoms with Crippen LogP contribution in [0.15, 0.2) is 91.1 Å². The minimum absolute atomic E-state index is 0.0124. The molecule has 2 unspecified atom stereocenters. The zero-order valence-corrected chi connectivity index (χ0v) is 26.2. The summed E-state index contributed by atoms with van der Waals surface area (Å²) < 4.78 is 13.0. The van der Waals surface area contributed by atoms with Gasteiger partial charge in [0.15, 0.2) is 0 Å². The predicted octanol–water partition coefficient (Wildman–Crippen LogP) is 6.16. The first-order valence-electron chi connectivity index (χ1n) is 13.5. The van der Waals surface area contributed by atoms with Crippen molar-refractivity contribution in [1.82, 2.24) is 10.3 Å². The minimum atomic E-state index is -1.52. The van der Waals surface area contributed by atoms with Crippen LogP contribution in [-0.4, -0.2) is 44.2 Å². The van der Waals surface area contributed by atoms with Crippen molar-refractivity contribution < 1.29 is 18.8 Å². The quantitative estimate of drug-likeness (QED) is 0.0971. The largest absolute Gasteiger partial charge is 0.470 e. The number of nitrogens with one attached hydrogen (secondary N) is 1. The number of thioether (sulfide) groups is 1. The molecule has 1 N–H and O–H groups in total. The van der Waals surface area contributed by atoms with Gasteiger partial charge in [0.1, 0.15) is 23.2 Å². The van der Waals surface area contributed by atoms with E-state index >= 15 is 0 Å². The number of terminal acetylenes is 1. The average molecular weight is 595 g/mol. The van der Waals surface area contributed by atoms with Gasteiger partial charge in [-0.3, -0.25) is 9.78 Å². The molecule has 0 aliphatic heterocycles. The van der Waals surface area contributed by atoms with E-state index in [2.05, 4.69) is 37.0 Å². The van der Waals surface area contributed by atoms with Gasteiger partial charge in [0, 0.05) is 17.1 Å². The monoisotopic (exact) mass is 594 g/mol. The highest BCUT2D eigenvalue weighted by atomic mass is 32.2. The van der Waals surface area contributed by atoms with Crippen molar-refractivity contribution in [1.29, 1.82) is 0 Å². The van der Waals surface area contributed by atoms with Crippen molar-refractivity contribution in [2.75, 3.05) is 6.26 Å². The first-order chi connectivity index (χ1) is 20.0. The number of benzene rings is 3. The maximum Gasteiger partial charge on any atom is 0.272 e. The van der Waals surface area contributed by atoms with Crippen LogP contribution in [0, 0.1) is 12.3 Å². The lowest BCUT2D eigenvalue weighted by Gasteiger charge is -2.47. The Labute approximate surface area is 254 Å². The van der Waals surface area contributed by atoms with Crippen molar-refractivity contribution >= 4 is 44.6 Å². The second kappa shape index (κ2) is 12.9. The maximum absolute atomic E-state index is 13.9. The van der Waals surface area contributed by atoms with Crippen LogP contribution in [0.5, 0.6) is 5.75 Å². The van der Waals surface area contributed by atoms with Gasteiger partial charge in [0.2, 0.25) is 15.2 Å². The van der Waals surface area contributed by atoms with Crippen LogP contribution < -0.4 is 10.1 Å². The number of aromatic nitrogens is 1. The molecule has 1 aromatic heterocycles. The fourth-order valence-corrected chi connectivity index (χ4v) is 6.06. The number of rotatable bonds is 11. The predicted molar refractivity (Wildman–Crippen MR) is 170 cm³/mol. The topological polar surface area (TPSA) is 77.5 Å². The Morgan fingerprint density at radius 1 is 1.00 bits per heavy atom. The van der Waals surface area contributed by atoms with Gasteiger partial charge < -0.3 is 19.3 Å². The molecule has 0 fully saturated rings. The normalized spacial score (nSPS) is 13.9. The van der Waals surface area contributed by atoms with Gasteiger partial charge in [-0.15, -0.1) is 18.2 Å². The van der Waals surface area contributed by atoms with E-state index in [0.717, 1.165) is 28.3 Å². The number of ether oxygens (including phenoxy) is 1. The van der Waals surface area contributed by atoms with Crippen molar-refractivity contribution in [3.05, 3.63) is 108 Å². The van der Waals surface area contributed by atoms with Crippen LogP contribution in [0.25, 0.3) is 10.9 Å². The Bertz CT molecular complexity index is 1540. The third-order valence-corrected chi connectivity index (χ3v) is 8.47. The summed E-state index contributed by atoms with van der Waals surface area (Å²) in [6, 6.07) is 26.3. The van der Waals surface area contributed by atoms with E-state index in [1.807, 2.05) is 72.8 Å². The highest BCUT2D eigenvalue weighted by molar-refractivity contribution is 7.99. The third kappa shape index (κ3) is 6.60. The lowest BCUT2D eigenvalue weighted by atomic mass is 9.72. The second-order valence-corrected chi connectivity index (χ2v) is 13.9. The highest BCUT2D eigenvalue weighted by Gasteiger charge is 2.54. The van der Waals surface area contributed by atoms with Gasteiger partial charge in [-0.1, -0.05) is 87.4 Å². The molecule has 4 aromatic rings. The molecule has 0 spiro atoms. The summed E-state index contributed by atoms with van der Waals surface area (Å²) in [4.78, 5) is 31.5. The fourth-order valence-electron chi connectivity index (χ4n) is 4.68. The Morgan fingerprint density at radius 2 is 1.62 bits per heavy atom. The van der Waals surface area contributed by atoms with Gasteiger partial charge >= 0.3 is 0 Å². The van der Waals surface area contributed by atoms with Gasteiger partial charge in [0.25, 0.3) is 5.91 Å². The first kappa shape index (κ1) is 31.0. The molecule has 0 aliphatic rings. The Hall–Kier alpha value is -3.90. The lowest BCUT2D eigenvalue weighted by molar-refractivity contribution is -0.135. The van der Waals surface area contributed by atoms with E-state index in [1.165, 1.54) is 11.8 Å². The standard InChI is InChI=1S/C34H34N2O4SSi/c1-7-24-20-25-21-28(18-19-29(25)35-22-24)39-31(41-6)30(38)36-33(5,23-37)34(40-42-32(2,3)4,26-14-10-8-11-15-26)27-16-12-9-13-17-27/h1,8-23,31H,2-6H3,(H,36,38). The number of fused-ring (bicyclic) bond motifs is 1. The Balaban J connectivity index is 1.75. The van der Waals surface area contributed by atoms with E-state index in [-0.39, 0.29) is 14.8 Å². The van der Waals surface area contributed by atoms with E-state index in [1.54, 1.807) is 31.5 Å². The molecule has 4 rings (SSSR count). The number of carbonyl (C=O) groups excluding carboxylic acids is 2. The summed E-state index contributed by atoms with van der Waals surface area (Å²) in [5, 5.41) is 3.63. The fraction of sp³-hybridized carbons (Fsp3) is 0.265. The van der Waals surface area contributed by atoms with Crippen LogP contribution in [0.1, 0.15) is 44.4 Å². The molecule has 1 heterocycles. The summed E-state index contributed by atoms with van der Waals surface area (Å²) in [5.74, 6) is 2.60. The maximum atomic E-state index is 13.9. The van der Waals surface area contributed by atoms with Gasteiger partial charge in [-0.05, 0) is 53.6 Å². The molecule has 2 atom stereocenters. The van der Waals surface area contributed by atoms with E-state index in [4.69, 9.17) is 15.6 Å². The second-order valence-electron chi connectivity index (χ2n) is 11.1. The van der Waals surface area contributed by atoms with Crippen LogP contribution >= 0.6 is 11.8 Å². The third-order valence-electron chi connectivity index (χ3n) is 6.71. The van der Waals surface area contributed by atoms with Crippen LogP contribution in [0.2, 0.25) is 5.04 Å². The molecular formula is C34H34N2O4SSi. The Kier molecular flexibility index (Phi) is 9.57. The zero-order chi connectivity index (χ0) is 30.4. The highest BCUT2D eigenvalue weighted by Crippen LogP contribution is 2.44. The SMILES string of the molecule is C#Cc1cnc2ccc(OC(SC)C(=O)NC(C)(C=O)C(O[Si]C(C)(C)C)(c3ccccc3)c3ccccc3)cc2c1. The number of hydrogen-bond acceptors (Lipinski definition) is 6. The zero-order valence-electron chi connectivity index (χ0n) is 24.4. The lowest BCUT2D eigenvalue weighted by Crippen LogP contribution is -2.65. The van der Waals surface area contributed by atoms with Crippen molar-refractivity contribution in [3.63, 3.8) is 0 Å². The molecule has 0 bridgehead atoms. The number of carbonyl (C=O) groups is 2. The van der Waals surface area contributed by atoms with E-state index in [9.17, 15) is 9.59 Å². The molecule has 0 aliphatic carbocycles. The summed E-state index contributed by atoms with van der Waals surface area (Å²) in [6.07, 6.45) is 9.72. The molecule has 0 saturated carbocycles. The van der Waals surface area contributed by atoms with E-state index in [0.29, 0.717) is 11.3 Å². The Morgan fingerprint density at radius 3 is 2.14 bits per heavy atom. The molecule has 0 saturated heterocycles. The number of pyridine rings is 1. The van der Waals surface area contributed by atoms with Crippen LogP contribution in [0.4, 0.5) is 0 Å². The summed E-state index contributed by atoms with van der Waals surface area (Å²) in [7, 11) is 0.0124. The van der Waals surface area contributed by atoms with Crippen molar-refractivity contribution in [2.45, 2.75) is 49.3 Å². The molecular weight excluding hydrogens is 561 g/mol. The van der Waals surface area contributed by atoms with Crippen LogP contribution in [0.3, 0.4) is 0 Å². The molecule has 2 radical (unpaired) electrons. The molecule has 6 nitrogen and oxygen atoms in total. The van der Waals surface area contributed by atoms with Crippen molar-refractivity contribution in [3.8, 4) is 18.1 Å². The molecule has 8 heteroatoms. The van der Waals surface area contributed by atoms with Crippen LogP contribution in [-0.2, 0) is 19.6 Å². The smallest absolute Gasteiger partial charge is 0.272 e. The molecule has 1 amide bonds. The molecule has 214 valence electrons. The van der Waals surface area contributed by atoms with E-state index < -0.39 is 22.5 Å². The molecule has 3 aromatic carbocycles. The molecule has 42 heavy (non-hydrogen) atoms. The number of nitrogens with zero attached hydrogens (tertiary/aromatic N) is 1. The summed E-state index contributed by atoms with van der Waals surface area (Å²) in [5.41, 5.74) is -0.910. The van der Waals surface area contributed by atoms with Gasteiger partial charge in [0.05, 0.1) is 5.52 Å². The average Bonchev–Trinajstić information content (AvgIpc) is 3.00. The summed E-state index contributed by atoms with van der Waals surface area (Å²) in [6.45, 7) is 7.93.